The number of phenols is 1. The molecule has 0 unspecified atom stereocenters. The van der Waals surface area contributed by atoms with E-state index >= 15 is 0 Å². The lowest BCUT2D eigenvalue weighted by Crippen LogP contribution is -2.76. The summed E-state index contributed by atoms with van der Waals surface area (Å²) in [4.78, 5) is 23.7. The molecule has 5 aliphatic rings. The van der Waals surface area contributed by atoms with Gasteiger partial charge in [-0.3, -0.25) is 9.69 Å². The Morgan fingerprint density at radius 1 is 1.24 bits per heavy atom. The van der Waals surface area contributed by atoms with Crippen molar-refractivity contribution in [3.63, 3.8) is 0 Å². The predicted molar refractivity (Wildman–Crippen MR) is 100 cm³/mol. The Labute approximate surface area is 167 Å². The second kappa shape index (κ2) is 6.09. The zero-order chi connectivity index (χ0) is 20.6. The molecule has 4 atom stereocenters. The summed E-state index contributed by atoms with van der Waals surface area (Å²) in [6, 6.07) is 3.69. The van der Waals surface area contributed by atoms with Crippen LogP contribution in [0.3, 0.4) is 0 Å². The number of rotatable bonds is 2. The van der Waals surface area contributed by atoms with E-state index in [0.717, 1.165) is 43.0 Å². The Morgan fingerprint density at radius 2 is 1.97 bits per heavy atom. The summed E-state index contributed by atoms with van der Waals surface area (Å²) in [6.07, 6.45) is 2.49. The third kappa shape index (κ3) is 2.45. The molecule has 2 heterocycles. The normalized spacial score (nSPS) is 36.5. The van der Waals surface area contributed by atoms with Crippen molar-refractivity contribution in [1.29, 1.82) is 0 Å². The van der Waals surface area contributed by atoms with Gasteiger partial charge in [0, 0.05) is 24.6 Å². The van der Waals surface area contributed by atoms with Crippen LogP contribution in [0, 0.1) is 5.92 Å². The van der Waals surface area contributed by atoms with Gasteiger partial charge in [-0.05, 0) is 56.2 Å². The van der Waals surface area contributed by atoms with Crippen LogP contribution in [0.25, 0.3) is 0 Å². The van der Waals surface area contributed by atoms with E-state index in [1.807, 2.05) is 6.07 Å². The first-order valence-electron chi connectivity index (χ1n) is 10.2. The van der Waals surface area contributed by atoms with Crippen molar-refractivity contribution in [1.82, 2.24) is 4.90 Å². The predicted octanol–water partition coefficient (Wildman–Crippen LogP) is 1.75. The Bertz CT molecular complexity index is 893. The first-order valence-corrected chi connectivity index (χ1v) is 10.2. The Hall–Kier alpha value is -2.32. The molecule has 1 saturated heterocycles. The Kier molecular flexibility index (Phi) is 3.93. The lowest BCUT2D eigenvalue weighted by Gasteiger charge is -2.62. The number of benzene rings is 1. The molecule has 3 fully saturated rings. The standard InChI is InChI=1S/C20H23NO4.CH2O3/c22-13-4-3-12-9-15-20(24)6-5-14(23)18-19(20,16(12)17(13)25-18)7-8-21(15)10-11-1-2-11;2-1(3)4/h3-4,11,15,18,22,24H,1-2,5-10H2;(H2,2,3,4)/t15-,18+,19+,20-;/m1./s1. The maximum atomic E-state index is 12.7. The summed E-state index contributed by atoms with van der Waals surface area (Å²) in [6.45, 7) is 1.95. The van der Waals surface area contributed by atoms with Gasteiger partial charge in [-0.2, -0.15) is 0 Å². The molecule has 2 aliphatic heterocycles. The van der Waals surface area contributed by atoms with Crippen molar-refractivity contribution in [3.05, 3.63) is 23.3 Å². The number of Topliss-reactive ketones (excluding diaryl/α,β-unsaturated/α-hetero) is 1. The van der Waals surface area contributed by atoms with Crippen LogP contribution in [-0.4, -0.2) is 68.1 Å². The largest absolute Gasteiger partial charge is 0.504 e. The van der Waals surface area contributed by atoms with Crippen LogP contribution in [0.4, 0.5) is 4.79 Å². The summed E-state index contributed by atoms with van der Waals surface area (Å²) in [7, 11) is 0. The molecule has 0 amide bonds. The number of carbonyl (C=O) groups is 2. The number of carboxylic acid groups (broad SMARTS) is 2. The van der Waals surface area contributed by atoms with Gasteiger partial charge in [-0.1, -0.05) is 6.07 Å². The molecule has 29 heavy (non-hydrogen) atoms. The third-order valence-corrected chi connectivity index (χ3v) is 7.56. The number of ketones is 1. The van der Waals surface area contributed by atoms with Gasteiger partial charge in [-0.25, -0.2) is 4.79 Å². The summed E-state index contributed by atoms with van der Waals surface area (Å²) >= 11 is 0. The van der Waals surface area contributed by atoms with Crippen LogP contribution in [-0.2, 0) is 16.6 Å². The molecule has 2 saturated carbocycles. The topological polar surface area (TPSA) is 128 Å². The fraction of sp³-hybridized carbons (Fsp3) is 0.619. The van der Waals surface area contributed by atoms with Crippen molar-refractivity contribution in [2.24, 2.45) is 5.92 Å². The van der Waals surface area contributed by atoms with Gasteiger partial charge >= 0.3 is 6.16 Å². The second-order valence-corrected chi connectivity index (χ2v) is 9.00. The van der Waals surface area contributed by atoms with Gasteiger partial charge in [0.2, 0.25) is 0 Å². The minimum atomic E-state index is -1.83. The molecule has 8 heteroatoms. The van der Waals surface area contributed by atoms with E-state index in [2.05, 4.69) is 4.90 Å². The average molecular weight is 403 g/mol. The SMILES string of the molecule is O=C(O)O.O=C1CC[C@@]2(O)[C@H]3Cc4ccc(O)c5c4[C@@]2(CCN3CC2CC2)[C@H]1O5. The highest BCUT2D eigenvalue weighted by Crippen LogP contribution is 2.64. The molecule has 0 aromatic heterocycles. The summed E-state index contributed by atoms with van der Waals surface area (Å²) in [5.74, 6) is 1.39. The number of likely N-dealkylation sites (tertiary alicyclic amines) is 1. The third-order valence-electron chi connectivity index (χ3n) is 7.56. The smallest absolute Gasteiger partial charge is 0.503 e. The zero-order valence-electron chi connectivity index (χ0n) is 16.0. The molecule has 4 N–H and O–H groups in total. The summed E-state index contributed by atoms with van der Waals surface area (Å²) in [5.41, 5.74) is 0.454. The summed E-state index contributed by atoms with van der Waals surface area (Å²) < 4.78 is 6.04. The molecule has 1 spiro atoms. The van der Waals surface area contributed by atoms with Gasteiger partial charge in [0.15, 0.2) is 23.4 Å². The van der Waals surface area contributed by atoms with Crippen LogP contribution in [0.5, 0.6) is 11.5 Å². The lowest BCUT2D eigenvalue weighted by atomic mass is 9.49. The molecule has 8 nitrogen and oxygen atoms in total. The maximum Gasteiger partial charge on any atom is 0.503 e. The molecule has 1 aromatic rings. The lowest BCUT2D eigenvalue weighted by molar-refractivity contribution is -0.188. The van der Waals surface area contributed by atoms with E-state index in [4.69, 9.17) is 19.7 Å². The molecule has 156 valence electrons. The Morgan fingerprint density at radius 3 is 2.66 bits per heavy atom. The fourth-order valence-electron chi connectivity index (χ4n) is 6.26. The van der Waals surface area contributed by atoms with E-state index in [-0.39, 0.29) is 17.6 Å². The number of ether oxygens (including phenoxy) is 1. The van der Waals surface area contributed by atoms with Crippen molar-refractivity contribution < 1.29 is 34.8 Å². The first-order chi connectivity index (χ1) is 13.8. The quantitative estimate of drug-likeness (QED) is 0.588. The number of nitrogens with zero attached hydrogens (tertiary/aromatic N) is 1. The van der Waals surface area contributed by atoms with E-state index < -0.39 is 23.3 Å². The van der Waals surface area contributed by atoms with Gasteiger partial charge in [0.1, 0.15) is 0 Å². The molecular weight excluding hydrogens is 378 g/mol. The highest BCUT2D eigenvalue weighted by atomic mass is 16.6. The van der Waals surface area contributed by atoms with Crippen LogP contribution in [0.15, 0.2) is 12.1 Å². The molecule has 2 bridgehead atoms. The van der Waals surface area contributed by atoms with E-state index in [9.17, 15) is 15.0 Å². The zero-order valence-corrected chi connectivity index (χ0v) is 16.0. The van der Waals surface area contributed by atoms with Crippen LogP contribution < -0.4 is 4.74 Å². The van der Waals surface area contributed by atoms with Gasteiger partial charge < -0.3 is 25.2 Å². The Balaban J connectivity index is 0.000000419. The fourth-order valence-corrected chi connectivity index (χ4v) is 6.26. The number of piperidine rings is 1. The van der Waals surface area contributed by atoms with Gasteiger partial charge in [0.05, 0.1) is 11.0 Å². The van der Waals surface area contributed by atoms with E-state index in [1.54, 1.807) is 6.07 Å². The number of aliphatic hydroxyl groups is 1. The highest BCUT2D eigenvalue weighted by Gasteiger charge is 2.73. The van der Waals surface area contributed by atoms with Crippen LogP contribution >= 0.6 is 0 Å². The summed E-state index contributed by atoms with van der Waals surface area (Å²) in [5, 5.41) is 36.2. The first kappa shape index (κ1) is 18.7. The van der Waals surface area contributed by atoms with Gasteiger partial charge in [-0.15, -0.1) is 0 Å². The number of hydrogen-bond donors (Lipinski definition) is 4. The highest BCUT2D eigenvalue weighted by molar-refractivity contribution is 5.90. The molecule has 3 aliphatic carbocycles. The van der Waals surface area contributed by atoms with Crippen molar-refractivity contribution >= 4 is 11.9 Å². The number of aromatic hydroxyl groups is 1. The van der Waals surface area contributed by atoms with Crippen molar-refractivity contribution in [3.8, 4) is 11.5 Å². The maximum absolute atomic E-state index is 12.7. The number of phenolic OH excluding ortho intramolecular Hbond substituents is 1. The van der Waals surface area contributed by atoms with Gasteiger partial charge in [0.25, 0.3) is 0 Å². The minimum Gasteiger partial charge on any atom is -0.504 e. The van der Waals surface area contributed by atoms with Crippen LogP contribution in [0.1, 0.15) is 43.2 Å². The van der Waals surface area contributed by atoms with Crippen molar-refractivity contribution in [2.45, 2.75) is 61.7 Å². The average Bonchev–Trinajstić information content (AvgIpc) is 3.39. The number of carbonyl (C=O) groups excluding carboxylic acids is 1. The molecule has 6 rings (SSSR count). The molecular formula is C21H25NO7. The van der Waals surface area contributed by atoms with Crippen molar-refractivity contribution in [2.75, 3.05) is 13.1 Å². The molecule has 1 aromatic carbocycles. The van der Waals surface area contributed by atoms with E-state index in [1.165, 1.54) is 12.8 Å². The molecule has 0 radical (unpaired) electrons. The minimum absolute atomic E-state index is 0.0454. The second-order valence-electron chi connectivity index (χ2n) is 9.00. The monoisotopic (exact) mass is 403 g/mol. The number of hydrogen-bond acceptors (Lipinski definition) is 6. The van der Waals surface area contributed by atoms with E-state index in [0.29, 0.717) is 18.6 Å². The van der Waals surface area contributed by atoms with Crippen LogP contribution in [0.2, 0.25) is 0 Å².